The van der Waals surface area contributed by atoms with Gasteiger partial charge in [-0.25, -0.2) is 10.2 Å². The summed E-state index contributed by atoms with van der Waals surface area (Å²) in [5.41, 5.74) is 3.93. The molecule has 4 rings (SSSR count). The quantitative estimate of drug-likeness (QED) is 0.193. The van der Waals surface area contributed by atoms with Gasteiger partial charge >= 0.3 is 5.69 Å². The van der Waals surface area contributed by atoms with Crippen LogP contribution in [0.2, 0.25) is 0 Å². The van der Waals surface area contributed by atoms with Gasteiger partial charge in [-0.2, -0.15) is 10.1 Å². The fourth-order valence-corrected chi connectivity index (χ4v) is 3.81. The highest BCUT2D eigenvalue weighted by Gasteiger charge is 2.20. The van der Waals surface area contributed by atoms with E-state index < -0.39 is 17.4 Å². The van der Waals surface area contributed by atoms with Crippen molar-refractivity contribution >= 4 is 23.3 Å². The molecule has 0 aliphatic heterocycles. The standard InChI is InChI=1S/C27H32N6O5/c1-4-14-37-21-12-8-19(9-13-21)15-28-31-26-29-24-23(25(35)30-27(36)32(24)3)33(26)16-20(34)17-38-22-10-6-18(5-2)7-11-22/h6-13,15,20,34H,4-5,14,16-17H2,1-3H3,(H,29,31)(H,30,35,36)/t20-/m1/s1. The highest BCUT2D eigenvalue weighted by atomic mass is 16.5. The van der Waals surface area contributed by atoms with E-state index in [-0.39, 0.29) is 30.3 Å². The average Bonchev–Trinajstić information content (AvgIpc) is 3.29. The van der Waals surface area contributed by atoms with Gasteiger partial charge in [0.05, 0.1) is 19.4 Å². The van der Waals surface area contributed by atoms with Crippen molar-refractivity contribution in [2.45, 2.75) is 39.3 Å². The molecule has 11 heteroatoms. The summed E-state index contributed by atoms with van der Waals surface area (Å²) in [5.74, 6) is 1.60. The van der Waals surface area contributed by atoms with Gasteiger partial charge in [0.25, 0.3) is 5.56 Å². The van der Waals surface area contributed by atoms with Gasteiger partial charge in [-0.3, -0.25) is 14.3 Å². The zero-order valence-corrected chi connectivity index (χ0v) is 21.7. The van der Waals surface area contributed by atoms with Crippen molar-refractivity contribution in [1.82, 2.24) is 19.1 Å². The van der Waals surface area contributed by atoms with Crippen molar-refractivity contribution < 1.29 is 14.6 Å². The highest BCUT2D eigenvalue weighted by molar-refractivity contribution is 5.80. The summed E-state index contributed by atoms with van der Waals surface area (Å²) >= 11 is 0. The van der Waals surface area contributed by atoms with E-state index in [2.05, 4.69) is 27.4 Å². The van der Waals surface area contributed by atoms with Crippen LogP contribution < -0.4 is 26.1 Å². The molecule has 11 nitrogen and oxygen atoms in total. The Hall–Kier alpha value is -4.38. The minimum absolute atomic E-state index is 0.00995. The molecular formula is C27H32N6O5. The molecule has 3 N–H and O–H groups in total. The minimum atomic E-state index is -0.977. The van der Waals surface area contributed by atoms with Crippen molar-refractivity contribution in [2.24, 2.45) is 12.1 Å². The number of anilines is 1. The van der Waals surface area contributed by atoms with Crippen LogP contribution in [0.1, 0.15) is 31.4 Å². The van der Waals surface area contributed by atoms with Crippen LogP contribution >= 0.6 is 0 Å². The third-order valence-electron chi connectivity index (χ3n) is 5.91. The molecular weight excluding hydrogens is 488 g/mol. The number of imidazole rings is 1. The first-order chi connectivity index (χ1) is 18.4. The lowest BCUT2D eigenvalue weighted by molar-refractivity contribution is 0.0938. The van der Waals surface area contributed by atoms with Gasteiger partial charge in [0, 0.05) is 7.05 Å². The first-order valence-corrected chi connectivity index (χ1v) is 12.5. The molecule has 0 aliphatic carbocycles. The lowest BCUT2D eigenvalue weighted by Crippen LogP contribution is -2.30. The van der Waals surface area contributed by atoms with E-state index >= 15 is 0 Å². The fraction of sp³-hybridized carbons (Fsp3) is 0.333. The van der Waals surface area contributed by atoms with Crippen LogP contribution in [0.5, 0.6) is 11.5 Å². The molecule has 4 aromatic rings. The zero-order chi connectivity index (χ0) is 27.1. The van der Waals surface area contributed by atoms with Crippen LogP contribution in [-0.2, 0) is 20.0 Å². The largest absolute Gasteiger partial charge is 0.494 e. The number of aromatic amines is 1. The number of aromatic nitrogens is 4. The second-order valence-electron chi connectivity index (χ2n) is 8.79. The molecule has 0 saturated carbocycles. The summed E-state index contributed by atoms with van der Waals surface area (Å²) < 4.78 is 14.0. The van der Waals surface area contributed by atoms with Crippen molar-refractivity contribution in [3.05, 3.63) is 80.5 Å². The SMILES string of the molecule is CCCOc1ccc(C=NNc2nc3c(c(=O)[nH]c(=O)n3C)n2C[C@@H](O)COc2ccc(CC)cc2)cc1. The van der Waals surface area contributed by atoms with E-state index in [0.717, 1.165) is 24.2 Å². The van der Waals surface area contributed by atoms with Crippen LogP contribution in [0.25, 0.3) is 11.2 Å². The molecule has 0 amide bonds. The van der Waals surface area contributed by atoms with Gasteiger partial charge in [0.1, 0.15) is 24.2 Å². The Labute approximate surface area is 219 Å². The molecule has 0 radical (unpaired) electrons. The average molecular weight is 521 g/mol. The maximum absolute atomic E-state index is 12.7. The van der Waals surface area contributed by atoms with Crippen LogP contribution in [0.15, 0.2) is 63.2 Å². The monoisotopic (exact) mass is 520 g/mol. The number of rotatable bonds is 12. The Morgan fingerprint density at radius 3 is 2.45 bits per heavy atom. The number of ether oxygens (including phenoxy) is 2. The number of aliphatic hydroxyl groups is 1. The van der Waals surface area contributed by atoms with Crippen LogP contribution in [0.4, 0.5) is 5.95 Å². The summed E-state index contributed by atoms with van der Waals surface area (Å²) in [6.45, 7) is 4.73. The molecule has 0 fully saturated rings. The first-order valence-electron chi connectivity index (χ1n) is 12.5. The summed E-state index contributed by atoms with van der Waals surface area (Å²) in [4.78, 5) is 31.5. The molecule has 38 heavy (non-hydrogen) atoms. The maximum atomic E-state index is 12.7. The van der Waals surface area contributed by atoms with Gasteiger partial charge in [-0.05, 0) is 60.4 Å². The fourth-order valence-electron chi connectivity index (χ4n) is 3.81. The number of H-pyrrole nitrogens is 1. The van der Waals surface area contributed by atoms with E-state index in [9.17, 15) is 14.7 Å². The van der Waals surface area contributed by atoms with Crippen molar-refractivity contribution in [3.63, 3.8) is 0 Å². The Kier molecular flexibility index (Phi) is 8.59. The van der Waals surface area contributed by atoms with Crippen molar-refractivity contribution in [1.29, 1.82) is 0 Å². The Balaban J connectivity index is 1.54. The van der Waals surface area contributed by atoms with Gasteiger partial charge < -0.3 is 19.1 Å². The number of benzene rings is 2. The normalized spacial score (nSPS) is 12.2. The number of hydrazone groups is 1. The highest BCUT2D eigenvalue weighted by Crippen LogP contribution is 2.18. The van der Waals surface area contributed by atoms with Crippen molar-refractivity contribution in [2.75, 3.05) is 18.6 Å². The van der Waals surface area contributed by atoms with E-state index in [1.807, 2.05) is 55.5 Å². The van der Waals surface area contributed by atoms with Gasteiger partial charge in [-0.1, -0.05) is 26.0 Å². The van der Waals surface area contributed by atoms with Crippen LogP contribution in [-0.4, -0.2) is 49.7 Å². The first kappa shape index (κ1) is 26.7. The third-order valence-corrected chi connectivity index (χ3v) is 5.91. The second kappa shape index (κ2) is 12.2. The number of aryl methyl sites for hydroxylation is 2. The summed E-state index contributed by atoms with van der Waals surface area (Å²) in [6, 6.07) is 15.1. The number of fused-ring (bicyclic) bond motifs is 1. The molecule has 2 aromatic heterocycles. The number of nitrogens with zero attached hydrogens (tertiary/aromatic N) is 4. The third kappa shape index (κ3) is 6.30. The summed E-state index contributed by atoms with van der Waals surface area (Å²) in [6.07, 6.45) is 2.46. The molecule has 200 valence electrons. The van der Waals surface area contributed by atoms with Gasteiger partial charge in [0.2, 0.25) is 5.95 Å². The lowest BCUT2D eigenvalue weighted by atomic mass is 10.2. The number of hydrogen-bond acceptors (Lipinski definition) is 8. The molecule has 0 bridgehead atoms. The maximum Gasteiger partial charge on any atom is 0.329 e. The number of hydrogen-bond donors (Lipinski definition) is 3. The Morgan fingerprint density at radius 1 is 1.08 bits per heavy atom. The Morgan fingerprint density at radius 2 is 1.76 bits per heavy atom. The predicted octanol–water partition coefficient (Wildman–Crippen LogP) is 2.66. The van der Waals surface area contributed by atoms with Gasteiger partial charge in [0.15, 0.2) is 11.2 Å². The molecule has 0 unspecified atom stereocenters. The Bertz CT molecular complexity index is 1500. The van der Waals surface area contributed by atoms with E-state index in [0.29, 0.717) is 12.4 Å². The molecule has 2 aromatic carbocycles. The molecule has 1 atom stereocenters. The molecule has 0 aliphatic rings. The van der Waals surface area contributed by atoms with Gasteiger partial charge in [-0.15, -0.1) is 0 Å². The summed E-state index contributed by atoms with van der Waals surface area (Å²) in [7, 11) is 1.51. The van der Waals surface area contributed by atoms with Crippen LogP contribution in [0.3, 0.4) is 0 Å². The smallest absolute Gasteiger partial charge is 0.329 e. The summed E-state index contributed by atoms with van der Waals surface area (Å²) in [5, 5.41) is 15.0. The van der Waals surface area contributed by atoms with E-state index in [1.54, 1.807) is 6.21 Å². The molecule has 0 spiro atoms. The minimum Gasteiger partial charge on any atom is -0.494 e. The molecule has 0 saturated heterocycles. The van der Waals surface area contributed by atoms with Crippen molar-refractivity contribution in [3.8, 4) is 11.5 Å². The van der Waals surface area contributed by atoms with Crippen LogP contribution in [0, 0.1) is 0 Å². The predicted molar refractivity (Wildman–Crippen MR) is 146 cm³/mol. The number of nitrogens with one attached hydrogen (secondary N) is 2. The van der Waals surface area contributed by atoms with E-state index in [1.165, 1.54) is 21.7 Å². The number of aliphatic hydroxyl groups excluding tert-OH is 1. The topological polar surface area (TPSA) is 136 Å². The lowest BCUT2D eigenvalue weighted by Gasteiger charge is -2.15. The zero-order valence-electron chi connectivity index (χ0n) is 21.7. The second-order valence-corrected chi connectivity index (χ2v) is 8.79. The molecule has 2 heterocycles. The van der Waals surface area contributed by atoms with E-state index in [4.69, 9.17) is 9.47 Å².